The number of rotatable bonds is 9. The Bertz CT molecular complexity index is 276. The van der Waals surface area contributed by atoms with Gasteiger partial charge >= 0.3 is 0 Å². The Hall–Kier alpha value is -0.910. The number of ether oxygens (including phenoxy) is 1. The normalized spacial score (nSPS) is 13.2. The smallest absolute Gasteiger partial charge is 0.0617 e. The average molecular weight is 240 g/mol. The highest BCUT2D eigenvalue weighted by Gasteiger charge is 2.07. The van der Waals surface area contributed by atoms with Crippen molar-refractivity contribution in [2.45, 2.75) is 13.0 Å². The van der Waals surface area contributed by atoms with Crippen LogP contribution in [0.4, 0.5) is 0 Å². The molecule has 17 heavy (non-hydrogen) atoms. The molecule has 0 amide bonds. The summed E-state index contributed by atoms with van der Waals surface area (Å²) < 4.78 is 6.97. The minimum Gasteiger partial charge on any atom is -0.383 e. The van der Waals surface area contributed by atoms with Gasteiger partial charge in [-0.25, -0.2) is 0 Å². The van der Waals surface area contributed by atoms with Gasteiger partial charge in [-0.15, -0.1) is 0 Å². The summed E-state index contributed by atoms with van der Waals surface area (Å²) in [5.74, 6) is 0. The van der Waals surface area contributed by atoms with E-state index in [2.05, 4.69) is 29.3 Å². The van der Waals surface area contributed by atoms with E-state index in [0.717, 1.165) is 32.8 Å². The first-order valence-electron chi connectivity index (χ1n) is 6.11. The Morgan fingerprint density at radius 2 is 2.29 bits per heavy atom. The van der Waals surface area contributed by atoms with Crippen molar-refractivity contribution in [3.8, 4) is 0 Å². The van der Waals surface area contributed by atoms with Gasteiger partial charge in [0.2, 0.25) is 0 Å². The van der Waals surface area contributed by atoms with E-state index in [1.54, 1.807) is 7.11 Å². The number of nitrogens with one attached hydrogen (secondary N) is 1. The van der Waals surface area contributed by atoms with Gasteiger partial charge in [0.1, 0.15) is 0 Å². The topological polar surface area (TPSA) is 42.3 Å². The van der Waals surface area contributed by atoms with Gasteiger partial charge in [-0.1, -0.05) is 0 Å². The van der Waals surface area contributed by atoms with Crippen LogP contribution in [-0.4, -0.2) is 61.6 Å². The molecule has 0 spiro atoms. The minimum atomic E-state index is 0.411. The van der Waals surface area contributed by atoms with Crippen LogP contribution in [0.3, 0.4) is 0 Å². The van der Waals surface area contributed by atoms with Gasteiger partial charge < -0.3 is 15.0 Å². The molecule has 0 saturated carbocycles. The zero-order valence-electron chi connectivity index (χ0n) is 11.1. The summed E-state index contributed by atoms with van der Waals surface area (Å²) in [6.07, 6.45) is 3.83. The van der Waals surface area contributed by atoms with Crippen molar-refractivity contribution in [3.63, 3.8) is 0 Å². The summed E-state index contributed by atoms with van der Waals surface area (Å²) in [5.41, 5.74) is 0. The molecule has 0 aliphatic carbocycles. The molecule has 0 aliphatic rings. The molecule has 1 N–H and O–H groups in total. The van der Waals surface area contributed by atoms with Crippen molar-refractivity contribution in [3.05, 3.63) is 18.5 Å². The molecule has 0 aliphatic heterocycles. The molecule has 1 atom stereocenters. The Balaban J connectivity index is 2.10. The molecular formula is C12H24N4O. The van der Waals surface area contributed by atoms with Crippen molar-refractivity contribution in [2.24, 2.45) is 0 Å². The van der Waals surface area contributed by atoms with Gasteiger partial charge in [-0.05, 0) is 20.0 Å². The molecule has 1 heterocycles. The van der Waals surface area contributed by atoms with Crippen LogP contribution in [0.5, 0.6) is 0 Å². The third kappa shape index (κ3) is 5.81. The van der Waals surface area contributed by atoms with Crippen molar-refractivity contribution >= 4 is 0 Å². The minimum absolute atomic E-state index is 0.411. The Morgan fingerprint density at radius 3 is 2.94 bits per heavy atom. The van der Waals surface area contributed by atoms with Crippen LogP contribution in [0.1, 0.15) is 13.0 Å². The maximum atomic E-state index is 4.97. The summed E-state index contributed by atoms with van der Waals surface area (Å²) in [6, 6.07) is 2.37. The summed E-state index contributed by atoms with van der Waals surface area (Å²) >= 11 is 0. The second-order valence-electron chi connectivity index (χ2n) is 4.34. The zero-order valence-corrected chi connectivity index (χ0v) is 11.1. The lowest BCUT2D eigenvalue weighted by Gasteiger charge is -2.21. The molecule has 1 unspecified atom stereocenters. The molecule has 1 rings (SSSR count). The molecule has 0 fully saturated rings. The molecule has 0 aromatic carbocycles. The SMILES string of the molecule is COCCNCCN(C)CC(C)n1cccn1. The second-order valence-corrected chi connectivity index (χ2v) is 4.34. The summed E-state index contributed by atoms with van der Waals surface area (Å²) in [6.45, 7) is 6.91. The number of methoxy groups -OCH3 is 1. The summed E-state index contributed by atoms with van der Waals surface area (Å²) in [4.78, 5) is 2.31. The molecule has 1 aromatic rings. The monoisotopic (exact) mass is 240 g/mol. The van der Waals surface area contributed by atoms with Gasteiger partial charge in [0.25, 0.3) is 0 Å². The van der Waals surface area contributed by atoms with Crippen molar-refractivity contribution in [1.29, 1.82) is 0 Å². The molecule has 5 heteroatoms. The van der Waals surface area contributed by atoms with Crippen molar-refractivity contribution in [2.75, 3.05) is 46.9 Å². The van der Waals surface area contributed by atoms with Crippen LogP contribution in [0.25, 0.3) is 0 Å². The van der Waals surface area contributed by atoms with E-state index in [1.807, 2.05) is 23.1 Å². The van der Waals surface area contributed by atoms with Crippen LogP contribution in [0.2, 0.25) is 0 Å². The first kappa shape index (κ1) is 14.2. The third-order valence-corrected chi connectivity index (χ3v) is 2.71. The van der Waals surface area contributed by atoms with Crippen molar-refractivity contribution in [1.82, 2.24) is 20.0 Å². The summed E-state index contributed by atoms with van der Waals surface area (Å²) in [5, 5.41) is 7.58. The van der Waals surface area contributed by atoms with Gasteiger partial charge in [0.05, 0.1) is 12.6 Å². The van der Waals surface area contributed by atoms with Crippen molar-refractivity contribution < 1.29 is 4.74 Å². The highest BCUT2D eigenvalue weighted by molar-refractivity contribution is 4.81. The van der Waals surface area contributed by atoms with Gasteiger partial charge in [0, 0.05) is 45.7 Å². The quantitative estimate of drug-likeness (QED) is 0.642. The molecule has 0 saturated heterocycles. The zero-order chi connectivity index (χ0) is 12.5. The fourth-order valence-corrected chi connectivity index (χ4v) is 1.74. The van der Waals surface area contributed by atoms with E-state index in [4.69, 9.17) is 4.74 Å². The lowest BCUT2D eigenvalue weighted by Crippen LogP contribution is -2.34. The maximum absolute atomic E-state index is 4.97. The highest BCUT2D eigenvalue weighted by Crippen LogP contribution is 2.04. The fraction of sp³-hybridized carbons (Fsp3) is 0.750. The Morgan fingerprint density at radius 1 is 1.47 bits per heavy atom. The molecule has 98 valence electrons. The van der Waals surface area contributed by atoms with Crippen LogP contribution in [0.15, 0.2) is 18.5 Å². The standard InChI is InChI=1S/C12H24N4O/c1-12(16-8-4-5-14-16)11-15(2)9-6-13-7-10-17-3/h4-5,8,12-13H,6-7,9-11H2,1-3H3. The summed E-state index contributed by atoms with van der Waals surface area (Å²) in [7, 11) is 3.86. The molecule has 0 radical (unpaired) electrons. The lowest BCUT2D eigenvalue weighted by molar-refractivity contribution is 0.197. The number of hydrogen-bond donors (Lipinski definition) is 1. The van der Waals surface area contributed by atoms with Crippen LogP contribution < -0.4 is 5.32 Å². The predicted octanol–water partition coefficient (Wildman–Crippen LogP) is 0.612. The van der Waals surface area contributed by atoms with Gasteiger partial charge in [-0.3, -0.25) is 4.68 Å². The maximum Gasteiger partial charge on any atom is 0.0617 e. The largest absolute Gasteiger partial charge is 0.383 e. The van der Waals surface area contributed by atoms with E-state index in [0.29, 0.717) is 6.04 Å². The molecule has 0 bridgehead atoms. The Kier molecular flexibility index (Phi) is 6.84. The third-order valence-electron chi connectivity index (χ3n) is 2.71. The molecule has 5 nitrogen and oxygen atoms in total. The van der Waals surface area contributed by atoms with Crippen LogP contribution in [-0.2, 0) is 4.74 Å². The number of nitrogens with zero attached hydrogens (tertiary/aromatic N) is 3. The van der Waals surface area contributed by atoms with E-state index >= 15 is 0 Å². The molecular weight excluding hydrogens is 216 g/mol. The average Bonchev–Trinajstić information content (AvgIpc) is 2.82. The lowest BCUT2D eigenvalue weighted by atomic mass is 10.3. The molecule has 1 aromatic heterocycles. The van der Waals surface area contributed by atoms with E-state index in [-0.39, 0.29) is 0 Å². The van der Waals surface area contributed by atoms with Crippen LogP contribution in [0, 0.1) is 0 Å². The number of aromatic nitrogens is 2. The Labute approximate surface area is 104 Å². The van der Waals surface area contributed by atoms with Crippen LogP contribution >= 0.6 is 0 Å². The van der Waals surface area contributed by atoms with Gasteiger partial charge in [-0.2, -0.15) is 5.10 Å². The van der Waals surface area contributed by atoms with E-state index in [1.165, 1.54) is 0 Å². The fourth-order valence-electron chi connectivity index (χ4n) is 1.74. The first-order valence-corrected chi connectivity index (χ1v) is 6.11. The number of hydrogen-bond acceptors (Lipinski definition) is 4. The number of likely N-dealkylation sites (N-methyl/N-ethyl adjacent to an activating group) is 1. The van der Waals surface area contributed by atoms with E-state index in [9.17, 15) is 0 Å². The predicted molar refractivity (Wildman–Crippen MR) is 69.2 cm³/mol. The van der Waals surface area contributed by atoms with Gasteiger partial charge in [0.15, 0.2) is 0 Å². The first-order chi connectivity index (χ1) is 8.24. The highest BCUT2D eigenvalue weighted by atomic mass is 16.5. The second kappa shape index (κ2) is 8.22. The van der Waals surface area contributed by atoms with E-state index < -0.39 is 0 Å².